The zero-order valence-corrected chi connectivity index (χ0v) is 11.1. The second kappa shape index (κ2) is 8.47. The molecule has 0 aliphatic rings. The summed E-state index contributed by atoms with van der Waals surface area (Å²) in [6, 6.07) is 10.4. The molecule has 98 valence electrons. The Labute approximate surface area is 113 Å². The second-order valence-electron chi connectivity index (χ2n) is 4.08. The van der Waals surface area contributed by atoms with Crippen LogP contribution in [0.5, 0.6) is 0 Å². The van der Waals surface area contributed by atoms with E-state index < -0.39 is 0 Å². The Balaban J connectivity index is 2.02. The van der Waals surface area contributed by atoms with Gasteiger partial charge in [-0.25, -0.2) is 0 Å². The minimum Gasteiger partial charge on any atom is -0.375 e. The van der Waals surface area contributed by atoms with Gasteiger partial charge < -0.3 is 5.73 Å². The van der Waals surface area contributed by atoms with Crippen LogP contribution in [0.3, 0.4) is 0 Å². The summed E-state index contributed by atoms with van der Waals surface area (Å²) in [6.07, 6.45) is 4.56. The third kappa shape index (κ3) is 6.85. The number of hydrazine groups is 1. The number of nitrogens with one attached hydrogen (secondary N) is 2. The van der Waals surface area contributed by atoms with Crippen molar-refractivity contribution < 1.29 is 4.79 Å². The Kier molecular flexibility index (Phi) is 6.79. The number of hydrogen-bond donors (Lipinski definition) is 3. The molecule has 0 bridgehead atoms. The number of carbonyl (C=O) groups excluding carboxylic acids is 1. The number of nitrogens with two attached hydrogens (primary N) is 1. The van der Waals surface area contributed by atoms with Gasteiger partial charge in [-0.3, -0.25) is 15.6 Å². The highest BCUT2D eigenvalue weighted by molar-refractivity contribution is 7.80. The lowest BCUT2D eigenvalue weighted by molar-refractivity contribution is -0.121. The van der Waals surface area contributed by atoms with Crippen molar-refractivity contribution >= 4 is 23.2 Å². The van der Waals surface area contributed by atoms with Gasteiger partial charge in [0.1, 0.15) is 0 Å². The van der Waals surface area contributed by atoms with Gasteiger partial charge in [-0.2, -0.15) is 0 Å². The molecule has 4 N–H and O–H groups in total. The maximum atomic E-state index is 11.3. The minimum absolute atomic E-state index is 0.0763. The topological polar surface area (TPSA) is 67.2 Å². The number of carbonyl (C=O) groups is 1. The third-order valence-corrected chi connectivity index (χ3v) is 2.64. The average Bonchev–Trinajstić information content (AvgIpc) is 2.37. The predicted molar refractivity (Wildman–Crippen MR) is 76.7 cm³/mol. The first-order chi connectivity index (χ1) is 8.68. The van der Waals surface area contributed by atoms with Crippen LogP contribution in [-0.4, -0.2) is 11.0 Å². The standard InChI is InChI=1S/C13H19N3OS/c14-13(18)16-15-12(17)10-6-2-5-9-11-7-3-1-4-8-11/h1,3-4,7-8H,2,5-6,9-10H2,(H,15,17)(H3,14,16,18). The first-order valence-corrected chi connectivity index (χ1v) is 6.47. The molecule has 0 aliphatic carbocycles. The molecular formula is C13H19N3OS. The summed E-state index contributed by atoms with van der Waals surface area (Å²) in [5.74, 6) is -0.0810. The molecule has 18 heavy (non-hydrogen) atoms. The van der Waals surface area contributed by atoms with Crippen molar-refractivity contribution in [1.82, 2.24) is 10.9 Å². The lowest BCUT2D eigenvalue weighted by Gasteiger charge is -2.06. The van der Waals surface area contributed by atoms with Crippen molar-refractivity contribution in [2.75, 3.05) is 0 Å². The number of thiocarbonyl (C=S) groups is 1. The van der Waals surface area contributed by atoms with Crippen molar-refractivity contribution in [3.8, 4) is 0 Å². The molecule has 1 amide bonds. The SMILES string of the molecule is NC(=S)NNC(=O)CCCCCc1ccccc1. The second-order valence-corrected chi connectivity index (χ2v) is 4.52. The van der Waals surface area contributed by atoms with E-state index in [0.717, 1.165) is 25.7 Å². The Morgan fingerprint density at radius 1 is 1.11 bits per heavy atom. The Bertz CT molecular complexity index is 381. The van der Waals surface area contributed by atoms with Crippen LogP contribution in [0.25, 0.3) is 0 Å². The van der Waals surface area contributed by atoms with Crippen LogP contribution in [0, 0.1) is 0 Å². The summed E-state index contributed by atoms with van der Waals surface area (Å²) >= 11 is 4.57. The fraction of sp³-hybridized carbons (Fsp3) is 0.385. The van der Waals surface area contributed by atoms with Crippen LogP contribution in [0.15, 0.2) is 30.3 Å². The zero-order chi connectivity index (χ0) is 13.2. The van der Waals surface area contributed by atoms with E-state index in [-0.39, 0.29) is 11.0 Å². The van der Waals surface area contributed by atoms with Gasteiger partial charge in [0.05, 0.1) is 0 Å². The molecule has 4 nitrogen and oxygen atoms in total. The fourth-order valence-electron chi connectivity index (χ4n) is 1.63. The van der Waals surface area contributed by atoms with E-state index >= 15 is 0 Å². The van der Waals surface area contributed by atoms with Gasteiger partial charge in [-0.15, -0.1) is 0 Å². The lowest BCUT2D eigenvalue weighted by Crippen LogP contribution is -2.44. The average molecular weight is 265 g/mol. The Morgan fingerprint density at radius 3 is 2.50 bits per heavy atom. The van der Waals surface area contributed by atoms with E-state index in [1.807, 2.05) is 18.2 Å². The predicted octanol–water partition coefficient (Wildman–Crippen LogP) is 1.65. The Morgan fingerprint density at radius 2 is 1.83 bits per heavy atom. The number of hydrogen-bond acceptors (Lipinski definition) is 2. The highest BCUT2D eigenvalue weighted by Gasteiger charge is 2.00. The van der Waals surface area contributed by atoms with E-state index in [1.165, 1.54) is 5.56 Å². The maximum Gasteiger partial charge on any atom is 0.238 e. The van der Waals surface area contributed by atoms with E-state index in [0.29, 0.717) is 6.42 Å². The number of aryl methyl sites for hydroxylation is 1. The van der Waals surface area contributed by atoms with Crippen molar-refractivity contribution in [1.29, 1.82) is 0 Å². The molecule has 0 aromatic heterocycles. The number of unbranched alkanes of at least 4 members (excludes halogenated alkanes) is 2. The van der Waals surface area contributed by atoms with E-state index in [9.17, 15) is 4.79 Å². The van der Waals surface area contributed by atoms with E-state index in [4.69, 9.17) is 5.73 Å². The van der Waals surface area contributed by atoms with Gasteiger partial charge in [0.15, 0.2) is 5.11 Å². The third-order valence-electron chi connectivity index (χ3n) is 2.54. The van der Waals surface area contributed by atoms with Gasteiger partial charge in [0.25, 0.3) is 0 Å². The summed E-state index contributed by atoms with van der Waals surface area (Å²) in [5.41, 5.74) is 11.4. The highest BCUT2D eigenvalue weighted by Crippen LogP contribution is 2.07. The summed E-state index contributed by atoms with van der Waals surface area (Å²) in [4.78, 5) is 11.3. The fourth-order valence-corrected chi connectivity index (χ4v) is 1.68. The van der Waals surface area contributed by atoms with E-state index in [1.54, 1.807) is 0 Å². The molecule has 1 aromatic carbocycles. The molecule has 0 unspecified atom stereocenters. The van der Waals surface area contributed by atoms with E-state index in [2.05, 4.69) is 35.2 Å². The number of amides is 1. The highest BCUT2D eigenvalue weighted by atomic mass is 32.1. The van der Waals surface area contributed by atoms with Crippen molar-refractivity contribution in [3.63, 3.8) is 0 Å². The molecule has 1 rings (SSSR count). The molecular weight excluding hydrogens is 246 g/mol. The molecule has 0 saturated heterocycles. The van der Waals surface area contributed by atoms with Crippen LogP contribution in [0.1, 0.15) is 31.2 Å². The van der Waals surface area contributed by atoms with Gasteiger partial charge in [0, 0.05) is 6.42 Å². The van der Waals surface area contributed by atoms with Crippen LogP contribution < -0.4 is 16.6 Å². The normalized spacial score (nSPS) is 9.78. The van der Waals surface area contributed by atoms with Crippen LogP contribution in [0.2, 0.25) is 0 Å². The molecule has 0 heterocycles. The lowest BCUT2D eigenvalue weighted by atomic mass is 10.1. The Hall–Kier alpha value is -1.62. The van der Waals surface area contributed by atoms with Gasteiger partial charge in [-0.05, 0) is 37.0 Å². The summed E-state index contributed by atoms with van der Waals surface area (Å²) in [7, 11) is 0. The summed E-state index contributed by atoms with van der Waals surface area (Å²) in [6.45, 7) is 0. The molecule has 0 spiro atoms. The molecule has 0 saturated carbocycles. The maximum absolute atomic E-state index is 11.3. The zero-order valence-electron chi connectivity index (χ0n) is 10.3. The quantitative estimate of drug-likeness (QED) is 0.416. The number of rotatable bonds is 6. The van der Waals surface area contributed by atoms with Crippen LogP contribution in [-0.2, 0) is 11.2 Å². The van der Waals surface area contributed by atoms with Gasteiger partial charge >= 0.3 is 0 Å². The summed E-state index contributed by atoms with van der Waals surface area (Å²) < 4.78 is 0. The van der Waals surface area contributed by atoms with Gasteiger partial charge in [-0.1, -0.05) is 36.8 Å². The van der Waals surface area contributed by atoms with Crippen molar-refractivity contribution in [2.24, 2.45) is 5.73 Å². The number of benzene rings is 1. The summed E-state index contributed by atoms with van der Waals surface area (Å²) in [5, 5.41) is 0.0763. The molecule has 0 aliphatic heterocycles. The molecule has 1 aromatic rings. The monoisotopic (exact) mass is 265 g/mol. The molecule has 5 heteroatoms. The van der Waals surface area contributed by atoms with Crippen molar-refractivity contribution in [3.05, 3.63) is 35.9 Å². The van der Waals surface area contributed by atoms with Crippen LogP contribution >= 0.6 is 12.2 Å². The van der Waals surface area contributed by atoms with Gasteiger partial charge in [0.2, 0.25) is 5.91 Å². The molecule has 0 radical (unpaired) electrons. The minimum atomic E-state index is -0.0810. The van der Waals surface area contributed by atoms with Crippen LogP contribution in [0.4, 0.5) is 0 Å². The van der Waals surface area contributed by atoms with Crippen molar-refractivity contribution in [2.45, 2.75) is 32.1 Å². The first kappa shape index (κ1) is 14.4. The molecule has 0 fully saturated rings. The smallest absolute Gasteiger partial charge is 0.238 e. The molecule has 0 atom stereocenters. The largest absolute Gasteiger partial charge is 0.375 e. The first-order valence-electron chi connectivity index (χ1n) is 6.06.